The summed E-state index contributed by atoms with van der Waals surface area (Å²) in [6.07, 6.45) is 3.08. The van der Waals surface area contributed by atoms with E-state index in [0.29, 0.717) is 17.1 Å². The summed E-state index contributed by atoms with van der Waals surface area (Å²) in [6, 6.07) is 8.55. The molecule has 0 aliphatic carbocycles. The molecule has 0 atom stereocenters. The van der Waals surface area contributed by atoms with Gasteiger partial charge in [-0.25, -0.2) is 0 Å². The third-order valence-corrected chi connectivity index (χ3v) is 3.07. The zero-order valence-corrected chi connectivity index (χ0v) is 12.1. The molecule has 1 aliphatic heterocycles. The zero-order valence-electron chi connectivity index (χ0n) is 11.3. The maximum absolute atomic E-state index is 11.8. The van der Waals surface area contributed by atoms with Gasteiger partial charge < -0.3 is 14.8 Å². The molecular formula is C14H12N4O3S. The molecule has 1 aromatic carbocycles. The first-order valence-corrected chi connectivity index (χ1v) is 6.80. The molecule has 1 aromatic heterocycles. The Kier molecular flexibility index (Phi) is 4.01. The van der Waals surface area contributed by atoms with Gasteiger partial charge >= 0.3 is 0 Å². The molecule has 0 unspecified atom stereocenters. The smallest absolute Gasteiger partial charge is 0.269 e. The van der Waals surface area contributed by atoms with Crippen LogP contribution in [0.1, 0.15) is 10.4 Å². The fourth-order valence-electron chi connectivity index (χ4n) is 1.83. The molecule has 3 N–H and O–H groups in total. The molecule has 2 heterocycles. The lowest BCUT2D eigenvalue weighted by Crippen LogP contribution is -2.43. The van der Waals surface area contributed by atoms with Gasteiger partial charge in [0, 0.05) is 29.7 Å². The number of benzene rings is 1. The Morgan fingerprint density at radius 2 is 1.86 bits per heavy atom. The molecule has 1 amide bonds. The summed E-state index contributed by atoms with van der Waals surface area (Å²) in [6.45, 7) is 0.212. The maximum Gasteiger partial charge on any atom is 0.269 e. The van der Waals surface area contributed by atoms with Gasteiger partial charge in [0.1, 0.15) is 0 Å². The van der Waals surface area contributed by atoms with Crippen molar-refractivity contribution in [3.05, 3.63) is 48.3 Å². The van der Waals surface area contributed by atoms with E-state index in [4.69, 9.17) is 21.7 Å². The van der Waals surface area contributed by atoms with Gasteiger partial charge in [-0.1, -0.05) is 0 Å². The lowest BCUT2D eigenvalue weighted by molar-refractivity contribution is 0.0944. The van der Waals surface area contributed by atoms with E-state index < -0.39 is 0 Å². The lowest BCUT2D eigenvalue weighted by Gasteiger charge is -2.11. The van der Waals surface area contributed by atoms with Crippen molar-refractivity contribution in [1.29, 1.82) is 0 Å². The molecule has 3 rings (SSSR count). The number of carbonyl (C=O) groups excluding carboxylic acids is 1. The van der Waals surface area contributed by atoms with Gasteiger partial charge in [-0.15, -0.1) is 0 Å². The quantitative estimate of drug-likeness (QED) is 0.571. The fraction of sp³-hybridized carbons (Fsp3) is 0.0714. The highest BCUT2D eigenvalue weighted by Gasteiger charge is 2.13. The van der Waals surface area contributed by atoms with Crippen LogP contribution in [0.25, 0.3) is 0 Å². The highest BCUT2D eigenvalue weighted by Crippen LogP contribution is 2.34. The standard InChI is InChI=1S/C14H12N4O3S/c19-13(9-3-5-15-6-4-9)17-18-14(22)16-10-1-2-11-12(7-10)21-8-20-11/h1-7H,8H2,(H,17,19)(H2,16,18,22). The summed E-state index contributed by atoms with van der Waals surface area (Å²) >= 11 is 5.11. The molecule has 8 heteroatoms. The van der Waals surface area contributed by atoms with Gasteiger partial charge in [-0.3, -0.25) is 20.6 Å². The monoisotopic (exact) mass is 316 g/mol. The fourth-order valence-corrected chi connectivity index (χ4v) is 1.99. The second-order valence-electron chi connectivity index (χ2n) is 4.34. The van der Waals surface area contributed by atoms with E-state index in [2.05, 4.69) is 21.2 Å². The van der Waals surface area contributed by atoms with E-state index in [1.165, 1.54) is 12.4 Å². The van der Waals surface area contributed by atoms with Crippen LogP contribution >= 0.6 is 12.2 Å². The number of rotatable bonds is 2. The minimum atomic E-state index is -0.308. The van der Waals surface area contributed by atoms with Gasteiger partial charge in [-0.05, 0) is 36.5 Å². The predicted molar refractivity (Wildman–Crippen MR) is 83.6 cm³/mol. The van der Waals surface area contributed by atoms with E-state index in [1.807, 2.05) is 0 Å². The molecule has 22 heavy (non-hydrogen) atoms. The van der Waals surface area contributed by atoms with Crippen molar-refractivity contribution < 1.29 is 14.3 Å². The molecule has 0 radical (unpaired) electrons. The number of pyridine rings is 1. The molecule has 1 aliphatic rings. The van der Waals surface area contributed by atoms with Crippen LogP contribution in [0.2, 0.25) is 0 Å². The van der Waals surface area contributed by atoms with E-state index in [1.54, 1.807) is 30.3 Å². The predicted octanol–water partition coefficient (Wildman–Crippen LogP) is 1.44. The number of aromatic nitrogens is 1. The van der Waals surface area contributed by atoms with Crippen LogP contribution < -0.4 is 25.6 Å². The van der Waals surface area contributed by atoms with Crippen LogP contribution in [0.15, 0.2) is 42.7 Å². The Morgan fingerprint density at radius 1 is 1.09 bits per heavy atom. The minimum Gasteiger partial charge on any atom is -0.454 e. The third kappa shape index (κ3) is 3.23. The topological polar surface area (TPSA) is 84.5 Å². The Labute approximate surface area is 131 Å². The van der Waals surface area contributed by atoms with Crippen molar-refractivity contribution in [1.82, 2.24) is 15.8 Å². The summed E-state index contributed by atoms with van der Waals surface area (Å²) in [4.78, 5) is 15.7. The van der Waals surface area contributed by atoms with Crippen molar-refractivity contribution in [2.45, 2.75) is 0 Å². The number of amides is 1. The number of hydrogen-bond acceptors (Lipinski definition) is 5. The average Bonchev–Trinajstić information content (AvgIpc) is 3.01. The Morgan fingerprint density at radius 3 is 2.68 bits per heavy atom. The number of hydrazine groups is 1. The number of ether oxygens (including phenoxy) is 2. The Hall–Kier alpha value is -2.87. The van der Waals surface area contributed by atoms with Gasteiger partial charge in [-0.2, -0.15) is 0 Å². The normalized spacial score (nSPS) is 11.6. The van der Waals surface area contributed by atoms with Crippen molar-refractivity contribution in [2.24, 2.45) is 0 Å². The first-order valence-electron chi connectivity index (χ1n) is 6.39. The van der Waals surface area contributed by atoms with E-state index in [0.717, 1.165) is 5.69 Å². The van der Waals surface area contributed by atoms with E-state index >= 15 is 0 Å². The summed E-state index contributed by atoms with van der Waals surface area (Å²) in [5.74, 6) is 1.03. The van der Waals surface area contributed by atoms with Crippen LogP contribution in [0.5, 0.6) is 11.5 Å². The van der Waals surface area contributed by atoms with Gasteiger partial charge in [0.15, 0.2) is 16.6 Å². The number of carbonyl (C=O) groups is 1. The van der Waals surface area contributed by atoms with E-state index in [-0.39, 0.29) is 17.8 Å². The first-order chi connectivity index (χ1) is 10.7. The summed E-state index contributed by atoms with van der Waals surface area (Å²) in [7, 11) is 0. The molecule has 0 saturated carbocycles. The van der Waals surface area contributed by atoms with Crippen molar-refractivity contribution >= 4 is 28.9 Å². The van der Waals surface area contributed by atoms with Gasteiger partial charge in [0.2, 0.25) is 6.79 Å². The number of nitrogens with one attached hydrogen (secondary N) is 3. The zero-order chi connectivity index (χ0) is 15.4. The van der Waals surface area contributed by atoms with Crippen molar-refractivity contribution in [3.8, 4) is 11.5 Å². The highest BCUT2D eigenvalue weighted by atomic mass is 32.1. The lowest BCUT2D eigenvalue weighted by atomic mass is 10.3. The molecule has 0 fully saturated rings. The van der Waals surface area contributed by atoms with Gasteiger partial charge in [0.25, 0.3) is 5.91 Å². The third-order valence-electron chi connectivity index (χ3n) is 2.86. The number of thiocarbonyl (C=S) groups is 1. The molecule has 0 spiro atoms. The summed E-state index contributed by atoms with van der Waals surface area (Å²) in [5.41, 5.74) is 6.32. The number of fused-ring (bicyclic) bond motifs is 1. The largest absolute Gasteiger partial charge is 0.454 e. The van der Waals surface area contributed by atoms with Crippen LogP contribution in [-0.2, 0) is 0 Å². The highest BCUT2D eigenvalue weighted by molar-refractivity contribution is 7.80. The Balaban J connectivity index is 1.53. The average molecular weight is 316 g/mol. The minimum absolute atomic E-state index is 0.212. The molecule has 0 saturated heterocycles. The van der Waals surface area contributed by atoms with E-state index in [9.17, 15) is 4.79 Å². The van der Waals surface area contributed by atoms with Crippen molar-refractivity contribution in [3.63, 3.8) is 0 Å². The van der Waals surface area contributed by atoms with Crippen LogP contribution in [0.3, 0.4) is 0 Å². The van der Waals surface area contributed by atoms with Crippen LogP contribution in [0, 0.1) is 0 Å². The molecule has 0 bridgehead atoms. The molecular weight excluding hydrogens is 304 g/mol. The van der Waals surface area contributed by atoms with Crippen LogP contribution in [0.4, 0.5) is 5.69 Å². The summed E-state index contributed by atoms with van der Waals surface area (Å²) < 4.78 is 10.5. The van der Waals surface area contributed by atoms with Gasteiger partial charge in [0.05, 0.1) is 0 Å². The molecule has 7 nitrogen and oxygen atoms in total. The first kappa shape index (κ1) is 14.1. The van der Waals surface area contributed by atoms with Crippen LogP contribution in [-0.4, -0.2) is 22.8 Å². The second kappa shape index (κ2) is 6.27. The number of hydrogen-bond donors (Lipinski definition) is 3. The SMILES string of the molecule is O=C(NNC(=S)Nc1ccc2c(c1)OCO2)c1ccncc1. The maximum atomic E-state index is 11.8. The molecule has 112 valence electrons. The number of anilines is 1. The second-order valence-corrected chi connectivity index (χ2v) is 4.75. The summed E-state index contributed by atoms with van der Waals surface area (Å²) in [5, 5.41) is 3.19. The Bertz CT molecular complexity index is 708. The van der Waals surface area contributed by atoms with Crippen molar-refractivity contribution in [2.75, 3.05) is 12.1 Å². The number of nitrogens with zero attached hydrogens (tertiary/aromatic N) is 1. The molecule has 2 aromatic rings.